The van der Waals surface area contributed by atoms with Gasteiger partial charge in [0.05, 0.1) is 24.3 Å². The maximum Gasteiger partial charge on any atom is 0.416 e. The molecule has 0 bridgehead atoms. The van der Waals surface area contributed by atoms with Crippen LogP contribution in [-0.2, 0) is 17.5 Å². The summed E-state index contributed by atoms with van der Waals surface area (Å²) in [5.74, 6) is -0.552. The highest BCUT2D eigenvalue weighted by molar-refractivity contribution is 5.94. The van der Waals surface area contributed by atoms with Crippen molar-refractivity contribution in [1.29, 1.82) is 0 Å². The number of nitrogens with one attached hydrogen (secondary N) is 1. The molecule has 4 atom stereocenters. The maximum atomic E-state index is 12.7. The summed E-state index contributed by atoms with van der Waals surface area (Å²) in [6, 6.07) is 13.0. The van der Waals surface area contributed by atoms with Crippen molar-refractivity contribution in [3.05, 3.63) is 71.3 Å². The highest BCUT2D eigenvalue weighted by atomic mass is 19.4. The van der Waals surface area contributed by atoms with Crippen LogP contribution in [0.25, 0.3) is 0 Å². The predicted octanol–water partition coefficient (Wildman–Crippen LogP) is 2.06. The Hall–Kier alpha value is -2.46. The van der Waals surface area contributed by atoms with Gasteiger partial charge in [-0.2, -0.15) is 13.2 Å². The number of ether oxygens (including phenoxy) is 1. The number of carbonyl (C=O) groups is 1. The number of alkyl halides is 3. The van der Waals surface area contributed by atoms with Crippen molar-refractivity contribution in [1.82, 2.24) is 10.2 Å². The topological polar surface area (TPSA) is 82.0 Å². The Morgan fingerprint density at radius 2 is 1.74 bits per heavy atom. The molecule has 2 aromatic carbocycles. The van der Waals surface area contributed by atoms with Crippen LogP contribution < -0.4 is 5.32 Å². The van der Waals surface area contributed by atoms with Crippen LogP contribution in [0.3, 0.4) is 0 Å². The third-order valence-electron chi connectivity index (χ3n) is 5.36. The van der Waals surface area contributed by atoms with Gasteiger partial charge in [-0.25, -0.2) is 0 Å². The van der Waals surface area contributed by atoms with Crippen LogP contribution in [0.15, 0.2) is 54.6 Å². The van der Waals surface area contributed by atoms with E-state index in [0.717, 1.165) is 29.8 Å². The maximum absolute atomic E-state index is 12.7. The Labute approximate surface area is 178 Å². The van der Waals surface area contributed by atoms with Crippen molar-refractivity contribution >= 4 is 5.91 Å². The fraction of sp³-hybridized carbons (Fsp3) is 0.409. The van der Waals surface area contributed by atoms with Gasteiger partial charge in [0.1, 0.15) is 12.2 Å². The second kappa shape index (κ2) is 9.78. The molecule has 0 saturated carbocycles. The first kappa shape index (κ1) is 23.2. The molecule has 1 heterocycles. The van der Waals surface area contributed by atoms with Crippen LogP contribution in [-0.4, -0.2) is 65.6 Å². The Bertz CT molecular complexity index is 861. The van der Waals surface area contributed by atoms with Crippen molar-refractivity contribution in [2.24, 2.45) is 0 Å². The highest BCUT2D eigenvalue weighted by Crippen LogP contribution is 2.29. The fourth-order valence-electron chi connectivity index (χ4n) is 3.77. The van der Waals surface area contributed by atoms with E-state index in [4.69, 9.17) is 4.74 Å². The summed E-state index contributed by atoms with van der Waals surface area (Å²) in [6.45, 7) is 0.171. The number of aliphatic hydroxyl groups is 2. The Balaban J connectivity index is 1.65. The standard InChI is InChI=1S/C22H25F3N2O4/c1-27(12-14-5-3-2-4-6-14)19-17(31-18(13-28)20(19)29)11-26-21(30)15-7-9-16(10-8-15)22(23,24)25/h2-10,17-20,28-29H,11-13H2,1H3,(H,26,30)/t17-,18+,19+,20-/m1/s1. The van der Waals surface area contributed by atoms with Gasteiger partial charge in [0, 0.05) is 18.7 Å². The number of likely N-dealkylation sites (N-methyl/N-ethyl adjacent to an activating group) is 1. The second-order valence-corrected chi connectivity index (χ2v) is 7.56. The molecular formula is C22H25F3N2O4. The Morgan fingerprint density at radius 1 is 1.10 bits per heavy atom. The van der Waals surface area contributed by atoms with Gasteiger partial charge in [-0.3, -0.25) is 9.69 Å². The molecule has 1 saturated heterocycles. The van der Waals surface area contributed by atoms with Crippen molar-refractivity contribution in [3.63, 3.8) is 0 Å². The molecule has 1 aliphatic rings. The number of amides is 1. The van der Waals surface area contributed by atoms with Gasteiger partial charge in [-0.15, -0.1) is 0 Å². The lowest BCUT2D eigenvalue weighted by molar-refractivity contribution is -0.137. The summed E-state index contributed by atoms with van der Waals surface area (Å²) in [6.07, 6.45) is -6.85. The zero-order valence-electron chi connectivity index (χ0n) is 16.9. The van der Waals surface area contributed by atoms with Gasteiger partial charge in [0.2, 0.25) is 0 Å². The molecule has 31 heavy (non-hydrogen) atoms. The molecule has 0 spiro atoms. The molecule has 2 aromatic rings. The van der Waals surface area contributed by atoms with Crippen molar-refractivity contribution in [2.75, 3.05) is 20.2 Å². The van der Waals surface area contributed by atoms with Crippen LogP contribution in [0.2, 0.25) is 0 Å². The van der Waals surface area contributed by atoms with Gasteiger partial charge < -0.3 is 20.3 Å². The van der Waals surface area contributed by atoms with Crippen molar-refractivity contribution < 1.29 is 32.9 Å². The van der Waals surface area contributed by atoms with Gasteiger partial charge in [0.25, 0.3) is 5.91 Å². The molecule has 0 aromatic heterocycles. The zero-order valence-corrected chi connectivity index (χ0v) is 16.9. The molecule has 168 valence electrons. The summed E-state index contributed by atoms with van der Waals surface area (Å²) < 4.78 is 43.8. The van der Waals surface area contributed by atoms with Crippen LogP contribution in [0, 0.1) is 0 Å². The first-order chi connectivity index (χ1) is 14.7. The number of nitrogens with zero attached hydrogens (tertiary/aromatic N) is 1. The number of hydrogen-bond acceptors (Lipinski definition) is 5. The Kier molecular flexibility index (Phi) is 7.32. The third-order valence-corrected chi connectivity index (χ3v) is 5.36. The highest BCUT2D eigenvalue weighted by Gasteiger charge is 2.45. The van der Waals surface area contributed by atoms with Gasteiger partial charge in [-0.05, 0) is 36.9 Å². The van der Waals surface area contributed by atoms with Crippen LogP contribution >= 0.6 is 0 Å². The summed E-state index contributed by atoms with van der Waals surface area (Å²) in [4.78, 5) is 14.3. The summed E-state index contributed by atoms with van der Waals surface area (Å²) in [5.41, 5.74) is 0.274. The molecule has 0 unspecified atom stereocenters. The van der Waals surface area contributed by atoms with Crippen LogP contribution in [0.5, 0.6) is 0 Å². The number of rotatable bonds is 7. The largest absolute Gasteiger partial charge is 0.416 e. The van der Waals surface area contributed by atoms with Gasteiger partial charge >= 0.3 is 6.18 Å². The van der Waals surface area contributed by atoms with Crippen molar-refractivity contribution in [3.8, 4) is 0 Å². The summed E-state index contributed by atoms with van der Waals surface area (Å²) in [7, 11) is 1.81. The SMILES string of the molecule is CN(Cc1ccccc1)[C@@H]1[C@H](O)[C@H](CO)O[C@@H]1CNC(=O)c1ccc(C(F)(F)F)cc1. The smallest absolute Gasteiger partial charge is 0.394 e. The number of aliphatic hydroxyl groups excluding tert-OH is 2. The van der Waals surface area contributed by atoms with E-state index in [2.05, 4.69) is 5.32 Å². The van der Waals surface area contributed by atoms with Crippen LogP contribution in [0.4, 0.5) is 13.2 Å². The third kappa shape index (κ3) is 5.62. The van der Waals surface area contributed by atoms with E-state index in [1.165, 1.54) is 0 Å². The van der Waals surface area contributed by atoms with E-state index in [-0.39, 0.29) is 18.7 Å². The van der Waals surface area contributed by atoms with E-state index in [0.29, 0.717) is 6.54 Å². The molecule has 1 amide bonds. The molecule has 9 heteroatoms. The lowest BCUT2D eigenvalue weighted by Gasteiger charge is -2.30. The minimum atomic E-state index is -4.47. The molecule has 3 rings (SSSR count). The average molecular weight is 438 g/mol. The summed E-state index contributed by atoms with van der Waals surface area (Å²) >= 11 is 0. The molecule has 3 N–H and O–H groups in total. The molecule has 0 aliphatic carbocycles. The van der Waals surface area contributed by atoms with E-state index >= 15 is 0 Å². The fourth-order valence-corrected chi connectivity index (χ4v) is 3.77. The van der Waals surface area contributed by atoms with E-state index in [1.807, 2.05) is 42.3 Å². The molecule has 1 fully saturated rings. The number of hydrogen-bond donors (Lipinski definition) is 3. The van der Waals surface area contributed by atoms with Gasteiger partial charge in [0.15, 0.2) is 0 Å². The first-order valence-corrected chi connectivity index (χ1v) is 9.84. The van der Waals surface area contributed by atoms with E-state index < -0.39 is 42.0 Å². The predicted molar refractivity (Wildman–Crippen MR) is 107 cm³/mol. The molecular weight excluding hydrogens is 413 g/mol. The molecule has 6 nitrogen and oxygen atoms in total. The first-order valence-electron chi connectivity index (χ1n) is 9.84. The van der Waals surface area contributed by atoms with E-state index in [1.54, 1.807) is 0 Å². The van der Waals surface area contributed by atoms with Crippen LogP contribution in [0.1, 0.15) is 21.5 Å². The minimum Gasteiger partial charge on any atom is -0.394 e. The number of benzene rings is 2. The van der Waals surface area contributed by atoms with E-state index in [9.17, 15) is 28.2 Å². The minimum absolute atomic E-state index is 0.0250. The lowest BCUT2D eigenvalue weighted by Crippen LogP contribution is -2.49. The average Bonchev–Trinajstić information content (AvgIpc) is 3.07. The molecule has 0 radical (unpaired) electrons. The normalized spacial score (nSPS) is 23.8. The number of carbonyl (C=O) groups excluding carboxylic acids is 1. The quantitative estimate of drug-likeness (QED) is 0.617. The zero-order chi connectivity index (χ0) is 22.6. The second-order valence-electron chi connectivity index (χ2n) is 7.56. The van der Waals surface area contributed by atoms with Gasteiger partial charge in [-0.1, -0.05) is 30.3 Å². The lowest BCUT2D eigenvalue weighted by atomic mass is 10.0. The Morgan fingerprint density at radius 3 is 2.32 bits per heavy atom. The summed E-state index contributed by atoms with van der Waals surface area (Å²) in [5, 5.41) is 22.8. The monoisotopic (exact) mass is 438 g/mol. The van der Waals surface area contributed by atoms with Crippen molar-refractivity contribution in [2.45, 2.75) is 37.1 Å². The molecule has 1 aliphatic heterocycles. The number of halogens is 3.